The lowest BCUT2D eigenvalue weighted by molar-refractivity contribution is -0.0754. The average molecular weight is 589 g/mol. The van der Waals surface area contributed by atoms with E-state index in [1.165, 1.54) is 6.92 Å². The zero-order valence-corrected chi connectivity index (χ0v) is 21.0. The van der Waals surface area contributed by atoms with E-state index in [1.807, 2.05) is 10.4 Å². The predicted molar refractivity (Wildman–Crippen MR) is 113 cm³/mol. The van der Waals surface area contributed by atoms with E-state index in [4.69, 9.17) is 37.7 Å². The molecule has 0 saturated carbocycles. The molecule has 1 aliphatic rings. The van der Waals surface area contributed by atoms with E-state index in [0.29, 0.717) is 0 Å². The number of hydrogen-bond acceptors (Lipinski definition) is 10. The zero-order chi connectivity index (χ0) is 26.3. The Balaban J connectivity index is 2.37. The fourth-order valence-corrected chi connectivity index (χ4v) is 6.74. The first-order valence-electron chi connectivity index (χ1n) is 8.62. The quantitative estimate of drug-likeness (QED) is 0.133. The number of aryl methyl sites for hydroxylation is 1. The summed E-state index contributed by atoms with van der Waals surface area (Å²) in [6.45, 7) is 2.35. The molecule has 1 aliphatic heterocycles. The van der Waals surface area contributed by atoms with Crippen molar-refractivity contribution in [2.24, 2.45) is 0 Å². The lowest BCUT2D eigenvalue weighted by atomic mass is 9.97. The first-order chi connectivity index (χ1) is 15.3. The summed E-state index contributed by atoms with van der Waals surface area (Å²) in [7, 11) is -17.0. The third kappa shape index (κ3) is 6.88. The summed E-state index contributed by atoms with van der Waals surface area (Å²) >= 11 is 11.8. The van der Waals surface area contributed by atoms with Gasteiger partial charge in [-0.05, 0) is 25.4 Å². The van der Waals surface area contributed by atoms with Crippen LogP contribution in [-0.4, -0.2) is 57.4 Å². The Labute approximate surface area is 199 Å². The molecule has 0 bridgehead atoms. The number of aromatic amines is 1. The highest BCUT2D eigenvalue weighted by Gasteiger charge is 2.59. The van der Waals surface area contributed by atoms with Gasteiger partial charge >= 0.3 is 29.2 Å². The number of aromatic nitrogens is 2. The van der Waals surface area contributed by atoms with E-state index in [9.17, 15) is 38.2 Å². The fraction of sp³-hybridized carbons (Fsp3) is 0.538. The number of aliphatic hydroxyl groups is 1. The third-order valence-corrected chi connectivity index (χ3v) is 8.73. The van der Waals surface area contributed by atoms with E-state index >= 15 is 0 Å². The van der Waals surface area contributed by atoms with Gasteiger partial charge in [-0.15, -0.1) is 0 Å². The van der Waals surface area contributed by atoms with Crippen molar-refractivity contribution in [3.05, 3.63) is 32.6 Å². The highest BCUT2D eigenvalue weighted by Crippen LogP contribution is 2.66. The normalized spacial score (nSPS) is 29.5. The second-order valence-corrected chi connectivity index (χ2v) is 11.9. The van der Waals surface area contributed by atoms with E-state index in [1.54, 1.807) is 0 Å². The Morgan fingerprint density at radius 2 is 1.79 bits per heavy atom. The molecule has 1 fully saturated rings. The van der Waals surface area contributed by atoms with Gasteiger partial charge in [-0.25, -0.2) is 18.5 Å². The maximum Gasteiger partial charge on any atom is 0.490 e. The minimum absolute atomic E-state index is 0.0218. The van der Waals surface area contributed by atoms with Crippen LogP contribution in [0.15, 0.2) is 15.7 Å². The number of rotatable bonds is 8. The molecule has 1 aromatic rings. The first kappa shape index (κ1) is 29.4. The number of aliphatic hydroxyl groups excluding tert-OH is 1. The molecular weight excluding hydrogens is 572 g/mol. The molecule has 2 heterocycles. The van der Waals surface area contributed by atoms with Crippen LogP contribution in [0.5, 0.6) is 0 Å². The molecule has 21 heteroatoms. The summed E-state index contributed by atoms with van der Waals surface area (Å²) in [4.78, 5) is 59.8. The molecular formula is C13H17Cl2N2O14P3. The molecule has 6 N–H and O–H groups in total. The third-order valence-electron chi connectivity index (χ3n) is 4.21. The highest BCUT2D eigenvalue weighted by molar-refractivity contribution is 7.66. The summed E-state index contributed by atoms with van der Waals surface area (Å²) in [6.07, 6.45) is -6.93. The smallest absolute Gasteiger partial charge is 0.387 e. The molecule has 0 aromatic carbocycles. The first-order valence-corrected chi connectivity index (χ1v) is 13.9. The van der Waals surface area contributed by atoms with Crippen molar-refractivity contribution in [2.75, 3.05) is 0 Å². The van der Waals surface area contributed by atoms with Crippen molar-refractivity contribution in [3.8, 4) is 11.3 Å². The molecule has 0 aliphatic carbocycles. The Morgan fingerprint density at radius 3 is 2.29 bits per heavy atom. The summed E-state index contributed by atoms with van der Waals surface area (Å²) < 4.78 is 52.5. The van der Waals surface area contributed by atoms with E-state index in [2.05, 4.69) is 19.1 Å². The van der Waals surface area contributed by atoms with Crippen LogP contribution in [-0.2, 0) is 31.6 Å². The number of alkyl halides is 1. The molecule has 16 nitrogen and oxygen atoms in total. The molecule has 7 atom stereocenters. The van der Waals surface area contributed by atoms with Gasteiger partial charge in [0, 0.05) is 17.1 Å². The van der Waals surface area contributed by atoms with E-state index in [0.717, 1.165) is 17.6 Å². The van der Waals surface area contributed by atoms with Crippen LogP contribution in [0.25, 0.3) is 0 Å². The number of ether oxygens (including phenoxy) is 1. The van der Waals surface area contributed by atoms with Crippen molar-refractivity contribution in [2.45, 2.75) is 43.3 Å². The minimum Gasteiger partial charge on any atom is -0.387 e. The van der Waals surface area contributed by atoms with Crippen molar-refractivity contribution in [3.63, 3.8) is 0 Å². The number of phosphoric ester groups is 1. The fourth-order valence-electron chi connectivity index (χ4n) is 3.01. The number of H-pyrrole nitrogens is 1. The van der Waals surface area contributed by atoms with Gasteiger partial charge in [0.1, 0.15) is 12.2 Å². The molecule has 34 heavy (non-hydrogen) atoms. The predicted octanol–water partition coefficient (Wildman–Crippen LogP) is 0.0124. The Hall–Kier alpha value is -0.850. The number of nitrogens with zero attached hydrogens (tertiary/aromatic N) is 1. The SMILES string of the molecule is Cc1cc(=O)[nH]c(=O)n1[C@@H]1O[C@H]([C@@H](C)OP(=O)(O)OP(=O)(O)OP(=O)(O)O)[C@H](O)C1(Cl)C#CCl. The molecule has 0 radical (unpaired) electrons. The monoisotopic (exact) mass is 588 g/mol. The van der Waals surface area contributed by atoms with Crippen molar-refractivity contribution in [1.29, 1.82) is 0 Å². The number of nitrogens with one attached hydrogen (secondary N) is 1. The van der Waals surface area contributed by atoms with Gasteiger partial charge in [-0.3, -0.25) is 18.9 Å². The molecule has 192 valence electrons. The molecule has 0 spiro atoms. The van der Waals surface area contributed by atoms with Gasteiger partial charge in [0.2, 0.25) is 0 Å². The van der Waals surface area contributed by atoms with Gasteiger partial charge in [0.15, 0.2) is 11.1 Å². The maximum atomic E-state index is 12.4. The van der Waals surface area contributed by atoms with E-state index in [-0.39, 0.29) is 5.69 Å². The van der Waals surface area contributed by atoms with Gasteiger partial charge in [-0.2, -0.15) is 8.62 Å². The summed E-state index contributed by atoms with van der Waals surface area (Å²) in [5.41, 5.74) is -1.74. The van der Waals surface area contributed by atoms with Crippen LogP contribution in [0, 0.1) is 18.2 Å². The summed E-state index contributed by atoms with van der Waals surface area (Å²) in [5, 5.41) is 12.7. The maximum absolute atomic E-state index is 12.4. The standard InChI is InChI=1S/C13H17Cl2N2O14P3/c1-6-5-8(18)16-12(20)17(6)11-13(15,3-4-14)10(19)9(28-11)7(2)29-33(24,25)31-34(26,27)30-32(21,22)23/h5,7,9-11,19H,1-2H3,(H,24,25)(H,26,27)(H,16,18,20)(H2,21,22,23)/t7-,9-,10+,11-,13?/m1/s1. The topological polar surface area (TPSA) is 244 Å². The minimum atomic E-state index is -5.80. The second-order valence-electron chi connectivity index (χ2n) is 6.74. The Morgan fingerprint density at radius 1 is 1.21 bits per heavy atom. The van der Waals surface area contributed by atoms with Crippen LogP contribution in [0.2, 0.25) is 0 Å². The number of halogens is 2. The average Bonchev–Trinajstić information content (AvgIpc) is 2.83. The summed E-state index contributed by atoms with van der Waals surface area (Å²) in [6, 6.07) is 1.01. The van der Waals surface area contributed by atoms with Gasteiger partial charge < -0.3 is 29.4 Å². The second kappa shape index (κ2) is 10.3. The molecule has 1 saturated heterocycles. The molecule has 3 unspecified atom stereocenters. The van der Waals surface area contributed by atoms with Gasteiger partial charge in [-0.1, -0.05) is 17.5 Å². The van der Waals surface area contributed by atoms with Crippen molar-refractivity contribution in [1.82, 2.24) is 9.55 Å². The Kier molecular flexibility index (Phi) is 8.86. The van der Waals surface area contributed by atoms with Crippen molar-refractivity contribution < 1.29 is 56.3 Å². The van der Waals surface area contributed by atoms with Gasteiger partial charge in [0.05, 0.1) is 6.10 Å². The molecule has 2 rings (SSSR count). The van der Waals surface area contributed by atoms with Crippen LogP contribution in [0.4, 0.5) is 0 Å². The van der Waals surface area contributed by atoms with Crippen LogP contribution < -0.4 is 11.2 Å². The van der Waals surface area contributed by atoms with Crippen LogP contribution in [0.3, 0.4) is 0 Å². The molecule has 0 amide bonds. The van der Waals surface area contributed by atoms with Crippen molar-refractivity contribution >= 4 is 46.7 Å². The van der Waals surface area contributed by atoms with Crippen LogP contribution in [0.1, 0.15) is 18.8 Å². The molecule has 1 aromatic heterocycles. The number of hydrogen-bond donors (Lipinski definition) is 6. The number of phosphoric acid groups is 3. The van der Waals surface area contributed by atoms with Crippen LogP contribution >= 0.6 is 46.7 Å². The van der Waals surface area contributed by atoms with E-state index < -0.39 is 64.1 Å². The highest BCUT2D eigenvalue weighted by atomic mass is 35.5. The lowest BCUT2D eigenvalue weighted by Gasteiger charge is -2.27. The zero-order valence-electron chi connectivity index (χ0n) is 16.8. The van der Waals surface area contributed by atoms with Gasteiger partial charge in [0.25, 0.3) is 5.56 Å². The Bertz CT molecular complexity index is 1270. The lowest BCUT2D eigenvalue weighted by Crippen LogP contribution is -2.46. The largest absolute Gasteiger partial charge is 0.490 e. The summed E-state index contributed by atoms with van der Waals surface area (Å²) in [5.74, 6) is 2.24.